The summed E-state index contributed by atoms with van der Waals surface area (Å²) >= 11 is 0. The molecule has 0 saturated carbocycles. The lowest BCUT2D eigenvalue weighted by Crippen LogP contribution is -2.25. The molecule has 1 rings (SSSR count). The molecule has 0 aliphatic carbocycles. The summed E-state index contributed by atoms with van der Waals surface area (Å²) in [5.74, 6) is -0.115. The van der Waals surface area contributed by atoms with Crippen molar-refractivity contribution in [2.45, 2.75) is 84.0 Å². The average molecular weight is 281 g/mol. The maximum absolute atomic E-state index is 13.7. The van der Waals surface area contributed by atoms with Gasteiger partial charge < -0.3 is 4.57 Å². The fraction of sp³-hybridized carbons (Fsp3) is 0.778. The van der Waals surface area contributed by atoms with Crippen LogP contribution in [-0.4, -0.2) is 4.57 Å². The summed E-state index contributed by atoms with van der Waals surface area (Å²) in [4.78, 5) is 0. The highest BCUT2D eigenvalue weighted by Gasteiger charge is 2.28. The third-order valence-electron chi connectivity index (χ3n) is 4.59. The second-order valence-electron chi connectivity index (χ2n) is 6.43. The first-order valence-corrected chi connectivity index (χ1v) is 8.37. The summed E-state index contributed by atoms with van der Waals surface area (Å²) in [6, 6.07) is 3.60. The minimum atomic E-state index is -0.115. The smallest absolute Gasteiger partial charge is 0.193 e. The van der Waals surface area contributed by atoms with Crippen molar-refractivity contribution in [3.8, 4) is 0 Å². The van der Waals surface area contributed by atoms with Crippen molar-refractivity contribution < 1.29 is 4.39 Å². The Balaban J connectivity index is 2.74. The van der Waals surface area contributed by atoms with Gasteiger partial charge in [-0.25, -0.2) is 0 Å². The lowest BCUT2D eigenvalue weighted by molar-refractivity contribution is 0.341. The zero-order chi connectivity index (χ0) is 15.0. The van der Waals surface area contributed by atoms with E-state index in [1.165, 1.54) is 63.5 Å². The van der Waals surface area contributed by atoms with E-state index in [4.69, 9.17) is 0 Å². The van der Waals surface area contributed by atoms with Crippen molar-refractivity contribution in [3.63, 3.8) is 0 Å². The highest BCUT2D eigenvalue weighted by molar-refractivity contribution is 5.19. The van der Waals surface area contributed by atoms with Crippen LogP contribution in [0.2, 0.25) is 0 Å². The molecule has 1 aromatic rings. The Morgan fingerprint density at radius 3 is 2.00 bits per heavy atom. The molecule has 0 bridgehead atoms. The second-order valence-corrected chi connectivity index (χ2v) is 6.43. The van der Waals surface area contributed by atoms with E-state index in [1.54, 1.807) is 10.6 Å². The number of aromatic nitrogens is 1. The first-order chi connectivity index (χ1) is 9.55. The Bertz CT molecular complexity index is 383. The molecular formula is C18H32FN. The van der Waals surface area contributed by atoms with E-state index in [0.29, 0.717) is 0 Å². The van der Waals surface area contributed by atoms with Gasteiger partial charge in [0.05, 0.1) is 0 Å². The quantitative estimate of drug-likeness (QED) is 0.465. The van der Waals surface area contributed by atoms with Crippen LogP contribution < -0.4 is 0 Å². The molecule has 1 unspecified atom stereocenters. The number of nitrogens with zero attached hydrogens (tertiary/aromatic N) is 1. The Kier molecular flexibility index (Phi) is 7.32. The van der Waals surface area contributed by atoms with Gasteiger partial charge in [-0.1, -0.05) is 65.7 Å². The molecule has 1 aromatic heterocycles. The summed E-state index contributed by atoms with van der Waals surface area (Å²) in [6.45, 7) is 6.80. The molecule has 0 aliphatic heterocycles. The van der Waals surface area contributed by atoms with Crippen molar-refractivity contribution in [2.24, 2.45) is 7.05 Å². The fourth-order valence-electron chi connectivity index (χ4n) is 3.18. The van der Waals surface area contributed by atoms with Gasteiger partial charge in [0.1, 0.15) is 0 Å². The third kappa shape index (κ3) is 4.64. The Morgan fingerprint density at radius 1 is 0.950 bits per heavy atom. The van der Waals surface area contributed by atoms with Gasteiger partial charge in [-0.2, -0.15) is 4.39 Å². The average Bonchev–Trinajstić information content (AvgIpc) is 2.76. The molecule has 0 fully saturated rings. The van der Waals surface area contributed by atoms with Crippen molar-refractivity contribution in [3.05, 3.63) is 23.8 Å². The van der Waals surface area contributed by atoms with Crippen molar-refractivity contribution in [1.82, 2.24) is 4.57 Å². The van der Waals surface area contributed by atoms with Gasteiger partial charge in [0.2, 0.25) is 0 Å². The van der Waals surface area contributed by atoms with Crippen molar-refractivity contribution >= 4 is 0 Å². The molecule has 0 amide bonds. The molecular weight excluding hydrogens is 249 g/mol. The van der Waals surface area contributed by atoms with Crippen LogP contribution >= 0.6 is 0 Å². The molecule has 1 heterocycles. The summed E-state index contributed by atoms with van der Waals surface area (Å²) in [5, 5.41) is 0. The number of hydrogen-bond acceptors (Lipinski definition) is 0. The van der Waals surface area contributed by atoms with E-state index in [1.807, 2.05) is 13.1 Å². The lowest BCUT2D eigenvalue weighted by Gasteiger charge is -2.31. The van der Waals surface area contributed by atoms with E-state index in [0.717, 1.165) is 0 Å². The molecule has 0 N–H and O–H groups in total. The van der Waals surface area contributed by atoms with Gasteiger partial charge in [-0.05, 0) is 25.0 Å². The van der Waals surface area contributed by atoms with Crippen molar-refractivity contribution in [2.75, 3.05) is 0 Å². The van der Waals surface area contributed by atoms with E-state index in [2.05, 4.69) is 20.8 Å². The topological polar surface area (TPSA) is 4.93 Å². The summed E-state index contributed by atoms with van der Waals surface area (Å²) < 4.78 is 15.4. The highest BCUT2D eigenvalue weighted by Crippen LogP contribution is 2.35. The standard InChI is InChI=1S/C18H32FN/c1-5-7-9-11-15-18(3,14-10-8-6-2)16-12-13-17(19)20(16)4/h12-13H,5-11,14-15H2,1-4H3. The normalized spacial score (nSPS) is 14.4. The van der Waals surface area contributed by atoms with E-state index in [9.17, 15) is 4.39 Å². The zero-order valence-corrected chi connectivity index (χ0v) is 13.8. The van der Waals surface area contributed by atoms with Gasteiger partial charge in [0.25, 0.3) is 0 Å². The molecule has 2 heteroatoms. The molecule has 0 aliphatic rings. The summed E-state index contributed by atoms with van der Waals surface area (Å²) in [7, 11) is 1.86. The molecule has 0 radical (unpaired) electrons. The Labute approximate surface area is 124 Å². The summed E-state index contributed by atoms with van der Waals surface area (Å²) in [6.07, 6.45) is 11.2. The van der Waals surface area contributed by atoms with E-state index >= 15 is 0 Å². The number of unbranched alkanes of at least 4 members (excludes halogenated alkanes) is 5. The van der Waals surface area contributed by atoms with Crippen LogP contribution in [0.5, 0.6) is 0 Å². The zero-order valence-electron chi connectivity index (χ0n) is 13.8. The van der Waals surface area contributed by atoms with Crippen molar-refractivity contribution in [1.29, 1.82) is 0 Å². The number of hydrogen-bond donors (Lipinski definition) is 0. The predicted octanol–water partition coefficient (Wildman–Crippen LogP) is 5.97. The van der Waals surface area contributed by atoms with Crippen LogP contribution in [-0.2, 0) is 12.5 Å². The Hall–Kier alpha value is -0.790. The first-order valence-electron chi connectivity index (χ1n) is 8.37. The van der Waals surface area contributed by atoms with E-state index < -0.39 is 0 Å². The first kappa shape index (κ1) is 17.3. The largest absolute Gasteiger partial charge is 0.325 e. The van der Waals surface area contributed by atoms with Crippen LogP contribution in [0.25, 0.3) is 0 Å². The molecule has 1 nitrogen and oxygen atoms in total. The van der Waals surface area contributed by atoms with Gasteiger partial charge in [0.15, 0.2) is 5.95 Å². The van der Waals surface area contributed by atoms with Gasteiger partial charge in [0, 0.05) is 18.2 Å². The monoisotopic (exact) mass is 281 g/mol. The SMILES string of the molecule is CCCCCCC(C)(CCCCC)c1ccc(F)n1C. The molecule has 0 aromatic carbocycles. The third-order valence-corrected chi connectivity index (χ3v) is 4.59. The number of rotatable bonds is 10. The van der Waals surface area contributed by atoms with E-state index in [-0.39, 0.29) is 11.4 Å². The maximum atomic E-state index is 13.7. The maximum Gasteiger partial charge on any atom is 0.193 e. The summed E-state index contributed by atoms with van der Waals surface area (Å²) in [5.41, 5.74) is 1.30. The van der Waals surface area contributed by atoms with Crippen LogP contribution in [0.3, 0.4) is 0 Å². The van der Waals surface area contributed by atoms with Gasteiger partial charge in [-0.3, -0.25) is 0 Å². The molecule has 0 saturated heterocycles. The lowest BCUT2D eigenvalue weighted by atomic mass is 9.77. The fourth-order valence-corrected chi connectivity index (χ4v) is 3.18. The van der Waals surface area contributed by atoms with Gasteiger partial charge >= 0.3 is 0 Å². The van der Waals surface area contributed by atoms with Crippen LogP contribution in [0, 0.1) is 5.95 Å². The van der Waals surface area contributed by atoms with Crippen LogP contribution in [0.15, 0.2) is 12.1 Å². The van der Waals surface area contributed by atoms with Crippen LogP contribution in [0.1, 0.15) is 84.3 Å². The molecule has 116 valence electrons. The van der Waals surface area contributed by atoms with Gasteiger partial charge in [-0.15, -0.1) is 0 Å². The minimum absolute atomic E-state index is 0.115. The number of halogens is 1. The predicted molar refractivity (Wildman–Crippen MR) is 85.6 cm³/mol. The minimum Gasteiger partial charge on any atom is -0.325 e. The Morgan fingerprint density at radius 2 is 1.50 bits per heavy atom. The molecule has 1 atom stereocenters. The second kappa shape index (κ2) is 8.49. The highest BCUT2D eigenvalue weighted by atomic mass is 19.1. The molecule has 20 heavy (non-hydrogen) atoms. The molecule has 0 spiro atoms. The van der Waals surface area contributed by atoms with Crippen LogP contribution in [0.4, 0.5) is 4.39 Å².